The molecule has 0 aromatic carbocycles. The number of thiophene rings is 1. The fraction of sp³-hybridized carbons (Fsp3) is 0.231. The molecule has 98 valence electrons. The molecule has 2 heterocycles. The monoisotopic (exact) mass is 292 g/mol. The zero-order valence-corrected chi connectivity index (χ0v) is 11.9. The molecular weight excluding hydrogens is 280 g/mol. The summed E-state index contributed by atoms with van der Waals surface area (Å²) in [5.41, 5.74) is 1.49. The maximum Gasteiger partial charge on any atom is 0.251 e. The van der Waals surface area contributed by atoms with Crippen molar-refractivity contribution in [3.05, 3.63) is 44.0 Å². The van der Waals surface area contributed by atoms with E-state index < -0.39 is 0 Å². The van der Waals surface area contributed by atoms with Crippen LogP contribution in [0.25, 0.3) is 0 Å². The van der Waals surface area contributed by atoms with Crippen LogP contribution in [0, 0.1) is 18.8 Å². The lowest BCUT2D eigenvalue weighted by atomic mass is 10.3. The van der Waals surface area contributed by atoms with Crippen LogP contribution in [0.5, 0.6) is 0 Å². The first-order valence-electron chi connectivity index (χ1n) is 5.55. The van der Waals surface area contributed by atoms with E-state index in [-0.39, 0.29) is 12.2 Å². The molecule has 19 heavy (non-hydrogen) atoms. The van der Waals surface area contributed by atoms with E-state index in [0.29, 0.717) is 10.9 Å². The zero-order chi connectivity index (χ0) is 13.7. The lowest BCUT2D eigenvalue weighted by Crippen LogP contribution is -2.07. The maximum absolute atomic E-state index is 11.3. The highest BCUT2D eigenvalue weighted by Crippen LogP contribution is 2.23. The van der Waals surface area contributed by atoms with E-state index in [9.17, 15) is 4.79 Å². The van der Waals surface area contributed by atoms with E-state index in [1.165, 1.54) is 17.8 Å². The second-order valence-electron chi connectivity index (χ2n) is 3.74. The van der Waals surface area contributed by atoms with Crippen molar-refractivity contribution in [2.45, 2.75) is 17.8 Å². The van der Waals surface area contributed by atoms with Gasteiger partial charge in [0.25, 0.3) is 5.56 Å². The molecule has 0 saturated heterocycles. The Morgan fingerprint density at radius 3 is 3.11 bits per heavy atom. The molecule has 2 aromatic heterocycles. The normalized spacial score (nSPS) is 10.0. The van der Waals surface area contributed by atoms with Gasteiger partial charge in [0, 0.05) is 33.3 Å². The van der Waals surface area contributed by atoms with Crippen LogP contribution in [0.15, 0.2) is 27.5 Å². The number of hydrogen-bond donors (Lipinski definition) is 2. The summed E-state index contributed by atoms with van der Waals surface area (Å²) >= 11 is 3.09. The number of hydrogen-bond acceptors (Lipinski definition) is 5. The Kier molecular flexibility index (Phi) is 4.80. The first kappa shape index (κ1) is 13.9. The lowest BCUT2D eigenvalue weighted by Gasteiger charge is -1.99. The second-order valence-corrected chi connectivity index (χ2v) is 5.70. The van der Waals surface area contributed by atoms with E-state index in [0.717, 1.165) is 16.2 Å². The topological polar surface area (TPSA) is 66.0 Å². The summed E-state index contributed by atoms with van der Waals surface area (Å²) in [6.07, 6.45) is 0. The Morgan fingerprint density at radius 1 is 1.53 bits per heavy atom. The van der Waals surface area contributed by atoms with E-state index in [1.54, 1.807) is 18.3 Å². The highest BCUT2D eigenvalue weighted by atomic mass is 32.2. The third-order valence-electron chi connectivity index (χ3n) is 2.16. The Labute approximate surface area is 118 Å². The number of H-pyrrole nitrogens is 1. The molecular formula is C13H12N2O2S2. The average Bonchev–Trinajstić information content (AvgIpc) is 2.81. The molecule has 0 spiro atoms. The predicted molar refractivity (Wildman–Crippen MR) is 77.4 cm³/mol. The summed E-state index contributed by atoms with van der Waals surface area (Å²) in [5, 5.41) is 11.2. The number of nitrogens with zero attached hydrogens (tertiary/aromatic N) is 1. The Bertz CT molecular complexity index is 680. The summed E-state index contributed by atoms with van der Waals surface area (Å²) in [4.78, 5) is 19.4. The number of aryl methyl sites for hydroxylation is 1. The average molecular weight is 292 g/mol. The van der Waals surface area contributed by atoms with Gasteiger partial charge in [0.15, 0.2) is 5.16 Å². The molecule has 0 saturated carbocycles. The van der Waals surface area contributed by atoms with Crippen LogP contribution in [0.3, 0.4) is 0 Å². The molecule has 0 aliphatic carbocycles. The van der Waals surface area contributed by atoms with Crippen LogP contribution in [0.1, 0.15) is 16.1 Å². The number of aliphatic hydroxyl groups is 1. The van der Waals surface area contributed by atoms with Crippen molar-refractivity contribution in [2.24, 2.45) is 0 Å². The van der Waals surface area contributed by atoms with Gasteiger partial charge < -0.3 is 10.1 Å². The molecule has 0 atom stereocenters. The van der Waals surface area contributed by atoms with Gasteiger partial charge in [0.2, 0.25) is 0 Å². The molecule has 0 amide bonds. The highest BCUT2D eigenvalue weighted by Gasteiger charge is 2.02. The van der Waals surface area contributed by atoms with Gasteiger partial charge in [0.1, 0.15) is 6.61 Å². The molecule has 0 aliphatic rings. The van der Waals surface area contributed by atoms with Crippen LogP contribution < -0.4 is 5.56 Å². The smallest absolute Gasteiger partial charge is 0.251 e. The molecule has 2 rings (SSSR count). The first-order valence-corrected chi connectivity index (χ1v) is 7.42. The number of nitrogens with one attached hydrogen (secondary N) is 1. The van der Waals surface area contributed by atoms with Crippen molar-refractivity contribution in [3.63, 3.8) is 0 Å². The molecule has 0 radical (unpaired) electrons. The van der Waals surface area contributed by atoms with Crippen molar-refractivity contribution < 1.29 is 5.11 Å². The third-order valence-corrected chi connectivity index (χ3v) is 4.21. The van der Waals surface area contributed by atoms with Gasteiger partial charge in [-0.2, -0.15) is 0 Å². The largest absolute Gasteiger partial charge is 0.384 e. The Morgan fingerprint density at radius 2 is 2.37 bits per heavy atom. The van der Waals surface area contributed by atoms with Gasteiger partial charge in [-0.3, -0.25) is 4.79 Å². The number of rotatable bonds is 3. The molecule has 0 unspecified atom stereocenters. The van der Waals surface area contributed by atoms with Crippen molar-refractivity contribution in [1.29, 1.82) is 0 Å². The minimum atomic E-state index is -0.131. The molecule has 2 N–H and O–H groups in total. The minimum Gasteiger partial charge on any atom is -0.384 e. The summed E-state index contributed by atoms with van der Waals surface area (Å²) in [6.45, 7) is 1.67. The quantitative estimate of drug-likeness (QED) is 0.514. The van der Waals surface area contributed by atoms with Gasteiger partial charge in [-0.15, -0.1) is 11.3 Å². The van der Waals surface area contributed by atoms with Gasteiger partial charge in [-0.05, 0) is 13.0 Å². The van der Waals surface area contributed by atoms with Gasteiger partial charge in [0.05, 0.1) is 0 Å². The van der Waals surface area contributed by atoms with Crippen molar-refractivity contribution in [2.75, 3.05) is 6.61 Å². The van der Waals surface area contributed by atoms with Crippen LogP contribution in [0.4, 0.5) is 0 Å². The fourth-order valence-corrected chi connectivity index (χ4v) is 3.22. The zero-order valence-electron chi connectivity index (χ0n) is 10.3. The van der Waals surface area contributed by atoms with E-state index in [2.05, 4.69) is 21.8 Å². The molecule has 0 bridgehead atoms. The van der Waals surface area contributed by atoms with E-state index >= 15 is 0 Å². The number of thioether (sulfide) groups is 1. The summed E-state index contributed by atoms with van der Waals surface area (Å²) in [6, 6.07) is 3.45. The van der Waals surface area contributed by atoms with Gasteiger partial charge in [-0.25, -0.2) is 4.98 Å². The summed E-state index contributed by atoms with van der Waals surface area (Å²) in [5.74, 6) is 6.21. The maximum atomic E-state index is 11.3. The lowest BCUT2D eigenvalue weighted by molar-refractivity contribution is 0.350. The molecule has 6 heteroatoms. The molecule has 0 aliphatic heterocycles. The standard InChI is InChI=1S/C13H12N2O2S2/c1-9-5-12(17)15-13(14-9)19-8-11-6-10(7-18-11)3-2-4-16/h5-7,16H,4,8H2,1H3,(H,14,15,17). The van der Waals surface area contributed by atoms with Crippen LogP contribution >= 0.6 is 23.1 Å². The Balaban J connectivity index is 2.02. The molecule has 2 aromatic rings. The fourth-order valence-electron chi connectivity index (χ4n) is 1.42. The number of aromatic amines is 1. The van der Waals surface area contributed by atoms with Crippen LogP contribution in [-0.4, -0.2) is 21.7 Å². The summed E-state index contributed by atoms with van der Waals surface area (Å²) in [7, 11) is 0. The third kappa shape index (κ3) is 4.24. The van der Waals surface area contributed by atoms with Gasteiger partial charge >= 0.3 is 0 Å². The first-order chi connectivity index (χ1) is 9.17. The predicted octanol–water partition coefficient (Wildman–Crippen LogP) is 1.78. The SMILES string of the molecule is Cc1cc(=O)[nH]c(SCc2cc(C#CCO)cs2)n1. The van der Waals surface area contributed by atoms with Crippen LogP contribution in [0.2, 0.25) is 0 Å². The molecule has 0 fully saturated rings. The van der Waals surface area contributed by atoms with Crippen molar-refractivity contribution in [3.8, 4) is 11.8 Å². The summed E-state index contributed by atoms with van der Waals surface area (Å²) < 4.78 is 0. The number of aliphatic hydroxyl groups excluding tert-OH is 1. The van der Waals surface area contributed by atoms with Crippen LogP contribution in [-0.2, 0) is 5.75 Å². The van der Waals surface area contributed by atoms with E-state index in [4.69, 9.17) is 5.11 Å². The number of aromatic nitrogens is 2. The second kappa shape index (κ2) is 6.57. The van der Waals surface area contributed by atoms with Crippen molar-refractivity contribution in [1.82, 2.24) is 9.97 Å². The van der Waals surface area contributed by atoms with Gasteiger partial charge in [-0.1, -0.05) is 23.6 Å². The minimum absolute atomic E-state index is 0.129. The van der Waals surface area contributed by atoms with Crippen molar-refractivity contribution >= 4 is 23.1 Å². The highest BCUT2D eigenvalue weighted by molar-refractivity contribution is 7.98. The van der Waals surface area contributed by atoms with E-state index in [1.807, 2.05) is 11.4 Å². The Hall–Kier alpha value is -1.55. The molecule has 4 nitrogen and oxygen atoms in total.